The molecule has 1 spiro atoms. The molecular formula is C19H30N2O3S. The largest absolute Gasteiger partial charge is 0.372 e. The van der Waals surface area contributed by atoms with Crippen molar-refractivity contribution in [3.63, 3.8) is 0 Å². The smallest absolute Gasteiger partial charge is 0.211 e. The van der Waals surface area contributed by atoms with Crippen LogP contribution in [0.4, 0.5) is 0 Å². The van der Waals surface area contributed by atoms with Crippen molar-refractivity contribution in [3.8, 4) is 0 Å². The number of ether oxygens (including phenoxy) is 1. The molecule has 140 valence electrons. The van der Waals surface area contributed by atoms with Crippen molar-refractivity contribution >= 4 is 10.0 Å². The van der Waals surface area contributed by atoms with Crippen LogP contribution < -0.4 is 4.72 Å². The molecule has 2 fully saturated rings. The van der Waals surface area contributed by atoms with Gasteiger partial charge in [-0.15, -0.1) is 0 Å². The molecule has 2 aliphatic rings. The number of hydrogen-bond acceptors (Lipinski definition) is 4. The molecule has 1 aromatic rings. The Bertz CT molecular complexity index is 701. The molecule has 3 rings (SSSR count). The van der Waals surface area contributed by atoms with Gasteiger partial charge in [-0.1, -0.05) is 23.8 Å². The number of aryl methyl sites for hydroxylation is 2. The first kappa shape index (κ1) is 18.8. The summed E-state index contributed by atoms with van der Waals surface area (Å²) < 4.78 is 31.9. The maximum absolute atomic E-state index is 11.5. The van der Waals surface area contributed by atoms with E-state index in [1.807, 2.05) is 0 Å². The fraction of sp³-hybridized carbons (Fsp3) is 0.684. The van der Waals surface area contributed by atoms with Gasteiger partial charge in [-0.2, -0.15) is 0 Å². The lowest BCUT2D eigenvalue weighted by Crippen LogP contribution is -2.64. The van der Waals surface area contributed by atoms with Gasteiger partial charge in [-0.05, 0) is 50.7 Å². The summed E-state index contributed by atoms with van der Waals surface area (Å²) in [6, 6.07) is 6.63. The van der Waals surface area contributed by atoms with Gasteiger partial charge in [-0.25, -0.2) is 13.1 Å². The Morgan fingerprint density at radius 2 is 2.08 bits per heavy atom. The minimum absolute atomic E-state index is 0.00212. The van der Waals surface area contributed by atoms with Crippen LogP contribution in [-0.4, -0.2) is 50.9 Å². The fourth-order valence-electron chi connectivity index (χ4n) is 3.77. The number of benzene rings is 1. The summed E-state index contributed by atoms with van der Waals surface area (Å²) >= 11 is 0. The van der Waals surface area contributed by atoms with E-state index < -0.39 is 10.0 Å². The summed E-state index contributed by atoms with van der Waals surface area (Å²) in [6.07, 6.45) is 2.05. The third kappa shape index (κ3) is 4.61. The summed E-state index contributed by atoms with van der Waals surface area (Å²) in [6.45, 7) is 10.1. The van der Waals surface area contributed by atoms with Crippen LogP contribution in [0.2, 0.25) is 0 Å². The van der Waals surface area contributed by atoms with Gasteiger partial charge in [0.25, 0.3) is 0 Å². The Morgan fingerprint density at radius 1 is 1.32 bits per heavy atom. The van der Waals surface area contributed by atoms with Crippen LogP contribution in [0.3, 0.4) is 0 Å². The average Bonchev–Trinajstić information content (AvgIpc) is 2.56. The van der Waals surface area contributed by atoms with E-state index in [2.05, 4.69) is 41.7 Å². The SMILES string of the molecule is CCS(=O)(=O)NCC1CCC2(CN(Cc3cc(C)ccc3C)C2)OC1. The molecule has 6 heteroatoms. The first-order valence-corrected chi connectivity index (χ1v) is 10.9. The number of hydrogen-bond donors (Lipinski definition) is 1. The van der Waals surface area contributed by atoms with Gasteiger partial charge < -0.3 is 4.74 Å². The molecule has 5 nitrogen and oxygen atoms in total. The summed E-state index contributed by atoms with van der Waals surface area (Å²) in [7, 11) is -3.10. The maximum Gasteiger partial charge on any atom is 0.211 e. The molecule has 0 saturated carbocycles. The lowest BCUT2D eigenvalue weighted by atomic mass is 9.82. The third-order valence-corrected chi connectivity index (χ3v) is 6.89. The van der Waals surface area contributed by atoms with E-state index in [9.17, 15) is 8.42 Å². The van der Waals surface area contributed by atoms with Gasteiger partial charge in [0.15, 0.2) is 0 Å². The molecule has 25 heavy (non-hydrogen) atoms. The van der Waals surface area contributed by atoms with Gasteiger partial charge in [0.05, 0.1) is 18.0 Å². The molecule has 0 radical (unpaired) electrons. The van der Waals surface area contributed by atoms with E-state index in [1.165, 1.54) is 16.7 Å². The van der Waals surface area contributed by atoms with Gasteiger partial charge >= 0.3 is 0 Å². The maximum atomic E-state index is 11.5. The summed E-state index contributed by atoms with van der Waals surface area (Å²) in [5.41, 5.74) is 4.05. The molecule has 0 bridgehead atoms. The van der Waals surface area contributed by atoms with Crippen LogP contribution in [0.25, 0.3) is 0 Å². The van der Waals surface area contributed by atoms with Crippen LogP contribution >= 0.6 is 0 Å². The molecule has 2 heterocycles. The zero-order chi connectivity index (χ0) is 18.1. The summed E-state index contributed by atoms with van der Waals surface area (Å²) in [4.78, 5) is 2.45. The zero-order valence-electron chi connectivity index (χ0n) is 15.5. The Balaban J connectivity index is 1.45. The molecule has 1 N–H and O–H groups in total. The molecule has 0 aliphatic carbocycles. The quantitative estimate of drug-likeness (QED) is 0.839. The van der Waals surface area contributed by atoms with Gasteiger partial charge in [0.2, 0.25) is 10.0 Å². The minimum atomic E-state index is -3.10. The number of sulfonamides is 1. The first-order valence-electron chi connectivity index (χ1n) is 9.21. The van der Waals surface area contributed by atoms with Crippen molar-refractivity contribution in [2.75, 3.05) is 32.0 Å². The van der Waals surface area contributed by atoms with Crippen LogP contribution in [-0.2, 0) is 21.3 Å². The lowest BCUT2D eigenvalue weighted by molar-refractivity contribution is -0.181. The zero-order valence-corrected chi connectivity index (χ0v) is 16.4. The second kappa shape index (κ2) is 7.35. The number of rotatable bonds is 6. The van der Waals surface area contributed by atoms with E-state index >= 15 is 0 Å². The van der Waals surface area contributed by atoms with Crippen LogP contribution in [0.5, 0.6) is 0 Å². The lowest BCUT2D eigenvalue weighted by Gasteiger charge is -2.53. The predicted octanol–water partition coefficient (Wildman–Crippen LogP) is 2.22. The highest BCUT2D eigenvalue weighted by Crippen LogP contribution is 2.36. The van der Waals surface area contributed by atoms with E-state index in [4.69, 9.17) is 4.74 Å². The van der Waals surface area contributed by atoms with E-state index in [1.54, 1.807) is 6.92 Å². The first-order chi connectivity index (χ1) is 11.8. The van der Waals surface area contributed by atoms with Crippen molar-refractivity contribution in [2.24, 2.45) is 5.92 Å². The molecule has 1 atom stereocenters. The summed E-state index contributed by atoms with van der Waals surface area (Å²) in [5, 5.41) is 0. The number of likely N-dealkylation sites (tertiary alicyclic amines) is 1. The molecule has 1 unspecified atom stereocenters. The average molecular weight is 367 g/mol. The molecule has 0 amide bonds. The van der Waals surface area contributed by atoms with Crippen LogP contribution in [0, 0.1) is 19.8 Å². The van der Waals surface area contributed by atoms with Crippen molar-refractivity contribution in [3.05, 3.63) is 34.9 Å². The Morgan fingerprint density at radius 3 is 2.72 bits per heavy atom. The van der Waals surface area contributed by atoms with Gasteiger partial charge in [0, 0.05) is 26.2 Å². The summed E-state index contributed by atoms with van der Waals surface area (Å²) in [5.74, 6) is 0.428. The Labute approximate surface area is 151 Å². The molecule has 0 aromatic heterocycles. The highest BCUT2D eigenvalue weighted by Gasteiger charge is 2.46. The number of nitrogens with one attached hydrogen (secondary N) is 1. The Hall–Kier alpha value is -0.950. The molecule has 2 aliphatic heterocycles. The van der Waals surface area contributed by atoms with Gasteiger partial charge in [-0.3, -0.25) is 4.90 Å². The topological polar surface area (TPSA) is 58.6 Å². The molecule has 1 aromatic carbocycles. The monoisotopic (exact) mass is 366 g/mol. The van der Waals surface area contributed by atoms with E-state index in [0.29, 0.717) is 19.1 Å². The van der Waals surface area contributed by atoms with E-state index in [-0.39, 0.29) is 11.4 Å². The van der Waals surface area contributed by atoms with Crippen molar-refractivity contribution < 1.29 is 13.2 Å². The molecule has 2 saturated heterocycles. The van der Waals surface area contributed by atoms with Crippen molar-refractivity contribution in [1.82, 2.24) is 9.62 Å². The molecular weight excluding hydrogens is 336 g/mol. The number of nitrogens with zero attached hydrogens (tertiary/aromatic N) is 1. The van der Waals surface area contributed by atoms with Crippen LogP contribution in [0.15, 0.2) is 18.2 Å². The highest BCUT2D eigenvalue weighted by atomic mass is 32.2. The second-order valence-corrected chi connectivity index (χ2v) is 9.82. The minimum Gasteiger partial charge on any atom is -0.372 e. The van der Waals surface area contributed by atoms with Crippen LogP contribution in [0.1, 0.15) is 36.5 Å². The van der Waals surface area contributed by atoms with Crippen molar-refractivity contribution in [2.45, 2.75) is 45.8 Å². The standard InChI is InChI=1S/C19H30N2O3S/c1-4-25(22,23)20-10-17-7-8-19(24-12-17)13-21(14-19)11-18-9-15(2)5-6-16(18)3/h5-6,9,17,20H,4,7-8,10-14H2,1-3H3. The van der Waals surface area contributed by atoms with E-state index in [0.717, 1.165) is 32.5 Å². The Kier molecular flexibility index (Phi) is 5.54. The predicted molar refractivity (Wildman–Crippen MR) is 100 cm³/mol. The third-order valence-electron chi connectivity index (χ3n) is 5.53. The van der Waals surface area contributed by atoms with Gasteiger partial charge in [0.1, 0.15) is 0 Å². The second-order valence-electron chi connectivity index (χ2n) is 7.73. The fourth-order valence-corrected chi connectivity index (χ4v) is 4.46. The highest BCUT2D eigenvalue weighted by molar-refractivity contribution is 7.89. The van der Waals surface area contributed by atoms with Crippen molar-refractivity contribution in [1.29, 1.82) is 0 Å². The normalized spacial score (nSPS) is 23.6.